The quantitative estimate of drug-likeness (QED) is 0.285. The average Bonchev–Trinajstić information content (AvgIpc) is 3.29. The van der Waals surface area contributed by atoms with Crippen LogP contribution >= 0.6 is 11.6 Å². The van der Waals surface area contributed by atoms with E-state index in [4.69, 9.17) is 35.3 Å². The normalized spacial score (nSPS) is 17.8. The fourth-order valence-electron chi connectivity index (χ4n) is 3.71. The number of rotatable bonds is 10. The summed E-state index contributed by atoms with van der Waals surface area (Å²) in [5.74, 6) is -0.651. The Morgan fingerprint density at radius 1 is 1.33 bits per heavy atom. The van der Waals surface area contributed by atoms with E-state index in [-0.39, 0.29) is 12.7 Å². The van der Waals surface area contributed by atoms with Crippen LogP contribution in [0.4, 0.5) is 0 Å². The van der Waals surface area contributed by atoms with Gasteiger partial charge in [-0.05, 0) is 31.4 Å². The monoisotopic (exact) mass is 478 g/mol. The highest BCUT2D eigenvalue weighted by atomic mass is 35.5. The number of nitrogens with zero attached hydrogens (tertiary/aromatic N) is 2. The number of carbonyl (C=O) groups excluding carboxylic acids is 1. The van der Waals surface area contributed by atoms with Crippen molar-refractivity contribution in [1.29, 1.82) is 0 Å². The molecule has 1 saturated heterocycles. The molecule has 0 bridgehead atoms. The molecular formula is C24H31ClN2O6. The van der Waals surface area contributed by atoms with Crippen LogP contribution in [-0.2, 0) is 43.3 Å². The highest BCUT2D eigenvalue weighted by Crippen LogP contribution is 2.31. The number of ether oxygens (including phenoxy) is 5. The molecule has 1 aliphatic rings. The summed E-state index contributed by atoms with van der Waals surface area (Å²) in [5.41, 5.74) is 2.59. The molecule has 1 unspecified atom stereocenters. The van der Waals surface area contributed by atoms with Crippen LogP contribution in [0.1, 0.15) is 43.9 Å². The first kappa shape index (κ1) is 25.1. The molecule has 3 rings (SSSR count). The summed E-state index contributed by atoms with van der Waals surface area (Å²) in [6.07, 6.45) is 2.82. The van der Waals surface area contributed by atoms with Crippen LogP contribution in [0, 0.1) is 0 Å². The number of benzene rings is 1. The van der Waals surface area contributed by atoms with E-state index in [0.29, 0.717) is 35.3 Å². The lowest BCUT2D eigenvalue weighted by molar-refractivity contribution is -0.140. The van der Waals surface area contributed by atoms with E-state index in [1.165, 1.54) is 20.5 Å². The van der Waals surface area contributed by atoms with Crippen LogP contribution in [0.15, 0.2) is 30.5 Å². The molecule has 1 fully saturated rings. The Kier molecular flexibility index (Phi) is 8.40. The lowest BCUT2D eigenvalue weighted by atomic mass is 10.0. The van der Waals surface area contributed by atoms with Crippen LogP contribution in [-0.4, -0.2) is 48.5 Å². The van der Waals surface area contributed by atoms with E-state index in [1.54, 1.807) is 4.68 Å². The van der Waals surface area contributed by atoms with E-state index >= 15 is 0 Å². The van der Waals surface area contributed by atoms with Crippen molar-refractivity contribution in [1.82, 2.24) is 9.78 Å². The molecule has 1 atom stereocenters. The SMILES string of the molecule is CCCc1c(OCc2ccccc2/C(=C\OC)C(=O)OC)nn(CC2COC(C)(C)O2)c1Cl. The molecule has 0 aliphatic carbocycles. The second-order valence-electron chi connectivity index (χ2n) is 8.16. The second kappa shape index (κ2) is 11.0. The van der Waals surface area contributed by atoms with Gasteiger partial charge in [0.15, 0.2) is 5.79 Å². The summed E-state index contributed by atoms with van der Waals surface area (Å²) < 4.78 is 29.4. The minimum atomic E-state index is -0.618. The lowest BCUT2D eigenvalue weighted by Gasteiger charge is -2.17. The van der Waals surface area contributed by atoms with Crippen LogP contribution < -0.4 is 4.74 Å². The van der Waals surface area contributed by atoms with Crippen LogP contribution in [0.2, 0.25) is 5.15 Å². The molecule has 2 aromatic rings. The first-order valence-electron chi connectivity index (χ1n) is 10.9. The molecule has 1 aliphatic heterocycles. The number of aromatic nitrogens is 2. The molecule has 1 aromatic heterocycles. The Labute approximate surface area is 199 Å². The summed E-state index contributed by atoms with van der Waals surface area (Å²) in [6, 6.07) is 7.41. The Balaban J connectivity index is 1.83. The van der Waals surface area contributed by atoms with Gasteiger partial charge in [0.05, 0.1) is 39.2 Å². The van der Waals surface area contributed by atoms with Gasteiger partial charge in [0, 0.05) is 0 Å². The van der Waals surface area contributed by atoms with Crippen LogP contribution in [0.3, 0.4) is 0 Å². The van der Waals surface area contributed by atoms with Gasteiger partial charge in [-0.3, -0.25) is 0 Å². The van der Waals surface area contributed by atoms with Gasteiger partial charge in [-0.2, -0.15) is 0 Å². The maximum atomic E-state index is 12.3. The van der Waals surface area contributed by atoms with Crippen molar-refractivity contribution in [3.05, 3.63) is 52.4 Å². The fourth-order valence-corrected chi connectivity index (χ4v) is 3.99. The highest BCUT2D eigenvalue weighted by molar-refractivity contribution is 6.30. The number of methoxy groups -OCH3 is 2. The number of hydrogen-bond acceptors (Lipinski definition) is 7. The maximum Gasteiger partial charge on any atom is 0.341 e. The first-order valence-corrected chi connectivity index (χ1v) is 11.3. The topological polar surface area (TPSA) is 81.0 Å². The van der Waals surface area contributed by atoms with Gasteiger partial charge in [0.25, 0.3) is 0 Å². The van der Waals surface area contributed by atoms with E-state index < -0.39 is 11.8 Å². The molecule has 9 heteroatoms. The molecule has 180 valence electrons. The molecule has 2 heterocycles. The zero-order valence-corrected chi connectivity index (χ0v) is 20.5. The zero-order valence-electron chi connectivity index (χ0n) is 19.7. The van der Waals surface area contributed by atoms with Gasteiger partial charge in [0.2, 0.25) is 5.88 Å². The first-order chi connectivity index (χ1) is 15.8. The number of hydrogen-bond donors (Lipinski definition) is 0. The second-order valence-corrected chi connectivity index (χ2v) is 8.52. The Morgan fingerprint density at radius 3 is 2.73 bits per heavy atom. The van der Waals surface area contributed by atoms with E-state index in [2.05, 4.69) is 12.0 Å². The van der Waals surface area contributed by atoms with E-state index in [1.807, 2.05) is 38.1 Å². The zero-order chi connectivity index (χ0) is 24.0. The summed E-state index contributed by atoms with van der Waals surface area (Å²) in [6.45, 7) is 6.95. The fraction of sp³-hybridized carbons (Fsp3) is 0.500. The number of halogens is 1. The molecule has 0 N–H and O–H groups in total. The van der Waals surface area contributed by atoms with E-state index in [0.717, 1.165) is 24.0 Å². The predicted molar refractivity (Wildman–Crippen MR) is 124 cm³/mol. The summed E-state index contributed by atoms with van der Waals surface area (Å²) in [4.78, 5) is 12.3. The molecule has 0 spiro atoms. The number of carbonyl (C=O) groups is 1. The van der Waals surface area contributed by atoms with Crippen LogP contribution in [0.25, 0.3) is 5.57 Å². The van der Waals surface area contributed by atoms with Gasteiger partial charge >= 0.3 is 5.97 Å². The van der Waals surface area contributed by atoms with Crippen molar-refractivity contribution >= 4 is 23.1 Å². The number of esters is 1. The maximum absolute atomic E-state index is 12.3. The average molecular weight is 479 g/mol. The van der Waals surface area contributed by atoms with Crippen molar-refractivity contribution < 1.29 is 28.5 Å². The predicted octanol–water partition coefficient (Wildman–Crippen LogP) is 4.38. The van der Waals surface area contributed by atoms with Gasteiger partial charge in [0.1, 0.15) is 23.4 Å². The van der Waals surface area contributed by atoms with Crippen molar-refractivity contribution in [3.8, 4) is 5.88 Å². The summed E-state index contributed by atoms with van der Waals surface area (Å²) >= 11 is 6.66. The van der Waals surface area contributed by atoms with Gasteiger partial charge < -0.3 is 23.7 Å². The van der Waals surface area contributed by atoms with Crippen molar-refractivity contribution in [2.45, 2.75) is 58.7 Å². The third kappa shape index (κ3) is 6.07. The van der Waals surface area contributed by atoms with Crippen molar-refractivity contribution in [3.63, 3.8) is 0 Å². The summed E-state index contributed by atoms with van der Waals surface area (Å²) in [5, 5.41) is 5.14. The Hall–Kier alpha value is -2.55. The molecule has 0 amide bonds. The summed E-state index contributed by atoms with van der Waals surface area (Å²) in [7, 11) is 2.81. The Morgan fingerprint density at radius 2 is 2.09 bits per heavy atom. The van der Waals surface area contributed by atoms with Crippen LogP contribution in [0.5, 0.6) is 5.88 Å². The minimum Gasteiger partial charge on any atom is -0.503 e. The molecule has 1 aromatic carbocycles. The van der Waals surface area contributed by atoms with Gasteiger partial charge in [-0.25, -0.2) is 9.48 Å². The van der Waals surface area contributed by atoms with Crippen molar-refractivity contribution in [2.24, 2.45) is 0 Å². The standard InChI is InChI=1S/C24H31ClN2O6/c1-6-9-19-21(25)27(12-17-14-32-24(2,3)33-17)26-22(19)31-13-16-10-7-8-11-18(16)20(15-29-4)23(28)30-5/h7-8,10-11,15,17H,6,9,12-14H2,1-5H3/b20-15+. The molecule has 33 heavy (non-hydrogen) atoms. The third-order valence-electron chi connectivity index (χ3n) is 5.20. The van der Waals surface area contributed by atoms with Gasteiger partial charge in [-0.15, -0.1) is 5.10 Å². The highest BCUT2D eigenvalue weighted by Gasteiger charge is 2.33. The largest absolute Gasteiger partial charge is 0.503 e. The Bertz CT molecular complexity index is 1000. The van der Waals surface area contributed by atoms with Crippen molar-refractivity contribution in [2.75, 3.05) is 20.8 Å². The molecule has 0 radical (unpaired) electrons. The smallest absolute Gasteiger partial charge is 0.341 e. The molecular weight excluding hydrogens is 448 g/mol. The third-order valence-corrected chi connectivity index (χ3v) is 5.63. The van der Waals surface area contributed by atoms with E-state index in [9.17, 15) is 4.79 Å². The lowest BCUT2D eigenvalue weighted by Crippen LogP contribution is -2.24. The molecule has 0 saturated carbocycles. The minimum absolute atomic E-state index is 0.151. The molecule has 8 nitrogen and oxygen atoms in total. The van der Waals surface area contributed by atoms with Gasteiger partial charge in [-0.1, -0.05) is 49.2 Å².